The number of nitrogens with one attached hydrogen (secondary N) is 1. The summed E-state index contributed by atoms with van der Waals surface area (Å²) < 4.78 is 10.9. The van der Waals surface area contributed by atoms with E-state index in [9.17, 15) is 5.11 Å². The van der Waals surface area contributed by atoms with Crippen LogP contribution in [0.15, 0.2) is 54.9 Å². The SMILES string of the molecule is Oc1ccc(CCNc2cc(N3CCN(Cc4ccc5c(c4)OCO5)CC3)ncn2)cc1. The molecule has 0 atom stereocenters. The highest BCUT2D eigenvalue weighted by Gasteiger charge is 2.20. The number of ether oxygens (including phenoxy) is 2. The number of aromatic hydroxyl groups is 1. The standard InChI is InChI=1S/C24H27N5O3/c30-20-4-1-18(2-5-20)7-8-25-23-14-24(27-16-26-23)29-11-9-28(10-12-29)15-19-3-6-21-22(13-19)32-17-31-21/h1-6,13-14,16,30H,7-12,15,17H2,(H,25,26,27). The van der Waals surface area contributed by atoms with Crippen LogP contribution in [0.5, 0.6) is 17.2 Å². The molecule has 0 saturated carbocycles. The Kier molecular flexibility index (Phi) is 5.93. The number of fused-ring (bicyclic) bond motifs is 1. The van der Waals surface area contributed by atoms with Crippen LogP contribution < -0.4 is 19.7 Å². The molecule has 3 aromatic rings. The molecule has 0 bridgehead atoms. The minimum Gasteiger partial charge on any atom is -0.508 e. The van der Waals surface area contributed by atoms with Crippen molar-refractivity contribution >= 4 is 11.6 Å². The van der Waals surface area contributed by atoms with Crippen molar-refractivity contribution in [3.05, 3.63) is 66.0 Å². The molecule has 8 heteroatoms. The predicted molar refractivity (Wildman–Crippen MR) is 122 cm³/mol. The molecule has 2 N–H and O–H groups in total. The summed E-state index contributed by atoms with van der Waals surface area (Å²) in [5.74, 6) is 3.74. The summed E-state index contributed by atoms with van der Waals surface area (Å²) in [7, 11) is 0. The second-order valence-corrected chi connectivity index (χ2v) is 8.06. The van der Waals surface area contributed by atoms with Crippen LogP contribution in [0.25, 0.3) is 0 Å². The Balaban J connectivity index is 1.11. The van der Waals surface area contributed by atoms with Crippen LogP contribution in [0.2, 0.25) is 0 Å². The molecular weight excluding hydrogens is 406 g/mol. The van der Waals surface area contributed by atoms with Crippen LogP contribution >= 0.6 is 0 Å². The molecule has 2 aliphatic rings. The highest BCUT2D eigenvalue weighted by Crippen LogP contribution is 2.33. The summed E-state index contributed by atoms with van der Waals surface area (Å²) in [6.07, 6.45) is 2.48. The third kappa shape index (κ3) is 4.86. The van der Waals surface area contributed by atoms with Crippen molar-refractivity contribution in [2.24, 2.45) is 0 Å². The first-order valence-electron chi connectivity index (χ1n) is 10.9. The lowest BCUT2D eigenvalue weighted by molar-refractivity contribution is 0.174. The van der Waals surface area contributed by atoms with Crippen molar-refractivity contribution in [2.45, 2.75) is 13.0 Å². The van der Waals surface area contributed by atoms with E-state index < -0.39 is 0 Å². The highest BCUT2D eigenvalue weighted by atomic mass is 16.7. The molecule has 32 heavy (non-hydrogen) atoms. The smallest absolute Gasteiger partial charge is 0.231 e. The maximum Gasteiger partial charge on any atom is 0.231 e. The first kappa shape index (κ1) is 20.4. The van der Waals surface area contributed by atoms with E-state index in [4.69, 9.17) is 9.47 Å². The predicted octanol–water partition coefficient (Wildman–Crippen LogP) is 2.89. The molecule has 0 unspecified atom stereocenters. The Hall–Kier alpha value is -3.52. The van der Waals surface area contributed by atoms with Crippen molar-refractivity contribution in [1.29, 1.82) is 0 Å². The molecule has 0 aliphatic carbocycles. The maximum atomic E-state index is 9.39. The number of rotatable bonds is 7. The average molecular weight is 434 g/mol. The summed E-state index contributed by atoms with van der Waals surface area (Å²) in [5.41, 5.74) is 2.41. The molecule has 8 nitrogen and oxygen atoms in total. The lowest BCUT2D eigenvalue weighted by Gasteiger charge is -2.35. The van der Waals surface area contributed by atoms with Crippen molar-refractivity contribution in [3.63, 3.8) is 0 Å². The maximum absolute atomic E-state index is 9.39. The number of phenols is 1. The number of anilines is 2. The van der Waals surface area contributed by atoms with Gasteiger partial charge in [0, 0.05) is 45.3 Å². The molecule has 0 radical (unpaired) electrons. The number of hydrogen-bond donors (Lipinski definition) is 2. The van der Waals surface area contributed by atoms with Crippen LogP contribution in [0.3, 0.4) is 0 Å². The van der Waals surface area contributed by atoms with Crippen molar-refractivity contribution in [3.8, 4) is 17.2 Å². The lowest BCUT2D eigenvalue weighted by Crippen LogP contribution is -2.46. The second kappa shape index (κ2) is 9.32. The summed E-state index contributed by atoms with van der Waals surface area (Å²) in [6, 6.07) is 15.5. The zero-order chi connectivity index (χ0) is 21.8. The van der Waals surface area contributed by atoms with Gasteiger partial charge < -0.3 is 24.8 Å². The van der Waals surface area contributed by atoms with Gasteiger partial charge in [0.1, 0.15) is 23.7 Å². The number of benzene rings is 2. The monoisotopic (exact) mass is 433 g/mol. The van der Waals surface area contributed by atoms with E-state index >= 15 is 0 Å². The molecule has 3 heterocycles. The van der Waals surface area contributed by atoms with Gasteiger partial charge in [0.25, 0.3) is 0 Å². The number of aromatic nitrogens is 2. The third-order valence-corrected chi connectivity index (χ3v) is 5.85. The van der Waals surface area contributed by atoms with E-state index in [0.29, 0.717) is 6.79 Å². The largest absolute Gasteiger partial charge is 0.508 e. The quantitative estimate of drug-likeness (QED) is 0.589. The zero-order valence-electron chi connectivity index (χ0n) is 17.9. The van der Waals surface area contributed by atoms with Gasteiger partial charge in [-0.25, -0.2) is 9.97 Å². The van der Waals surface area contributed by atoms with Crippen LogP contribution in [0.4, 0.5) is 11.6 Å². The Labute approximate surface area is 187 Å². The van der Waals surface area contributed by atoms with Crippen molar-refractivity contribution in [2.75, 3.05) is 49.7 Å². The van der Waals surface area contributed by atoms with Crippen LogP contribution in [-0.2, 0) is 13.0 Å². The van der Waals surface area contributed by atoms with Crippen LogP contribution in [0.1, 0.15) is 11.1 Å². The normalized spacial score (nSPS) is 15.7. The van der Waals surface area contributed by atoms with Gasteiger partial charge in [-0.2, -0.15) is 0 Å². The van der Waals surface area contributed by atoms with E-state index in [-0.39, 0.29) is 5.75 Å². The summed E-state index contributed by atoms with van der Waals surface area (Å²) in [6.45, 7) is 5.78. The third-order valence-electron chi connectivity index (χ3n) is 5.85. The molecule has 5 rings (SSSR count). The van der Waals surface area contributed by atoms with E-state index in [1.54, 1.807) is 18.5 Å². The first-order valence-corrected chi connectivity index (χ1v) is 10.9. The minimum atomic E-state index is 0.290. The second-order valence-electron chi connectivity index (χ2n) is 8.06. The van der Waals surface area contributed by atoms with Gasteiger partial charge in [0.05, 0.1) is 0 Å². The summed E-state index contributed by atoms with van der Waals surface area (Å²) in [5, 5.41) is 12.8. The molecular formula is C24H27N5O3. The van der Waals surface area contributed by atoms with Gasteiger partial charge in [-0.15, -0.1) is 0 Å². The highest BCUT2D eigenvalue weighted by molar-refractivity contribution is 5.49. The van der Waals surface area contributed by atoms with Gasteiger partial charge in [-0.05, 0) is 41.8 Å². The van der Waals surface area contributed by atoms with Gasteiger partial charge in [0.2, 0.25) is 6.79 Å². The summed E-state index contributed by atoms with van der Waals surface area (Å²) >= 11 is 0. The lowest BCUT2D eigenvalue weighted by atomic mass is 10.1. The Morgan fingerprint density at radius 3 is 2.50 bits per heavy atom. The fourth-order valence-corrected chi connectivity index (χ4v) is 4.05. The fraction of sp³-hybridized carbons (Fsp3) is 0.333. The van der Waals surface area contributed by atoms with E-state index in [1.807, 2.05) is 24.3 Å². The molecule has 2 aromatic carbocycles. The van der Waals surface area contributed by atoms with E-state index in [1.165, 1.54) is 11.1 Å². The minimum absolute atomic E-state index is 0.290. The number of hydrogen-bond acceptors (Lipinski definition) is 8. The molecule has 1 aromatic heterocycles. The Morgan fingerprint density at radius 1 is 0.875 bits per heavy atom. The molecule has 1 saturated heterocycles. The van der Waals surface area contributed by atoms with E-state index in [0.717, 1.165) is 68.8 Å². The Morgan fingerprint density at radius 2 is 1.66 bits per heavy atom. The van der Waals surface area contributed by atoms with E-state index in [2.05, 4.69) is 37.2 Å². The molecule has 166 valence electrons. The summed E-state index contributed by atoms with van der Waals surface area (Å²) in [4.78, 5) is 13.6. The van der Waals surface area contributed by atoms with Gasteiger partial charge in [-0.1, -0.05) is 18.2 Å². The van der Waals surface area contributed by atoms with Crippen LogP contribution in [-0.4, -0.2) is 59.5 Å². The van der Waals surface area contributed by atoms with Crippen molar-refractivity contribution in [1.82, 2.24) is 14.9 Å². The number of phenolic OH excluding ortho intramolecular Hbond substituents is 1. The van der Waals surface area contributed by atoms with Gasteiger partial charge >= 0.3 is 0 Å². The van der Waals surface area contributed by atoms with Crippen LogP contribution in [0, 0.1) is 0 Å². The average Bonchev–Trinajstić information content (AvgIpc) is 3.29. The van der Waals surface area contributed by atoms with Gasteiger partial charge in [0.15, 0.2) is 11.5 Å². The molecule has 1 fully saturated rings. The molecule has 2 aliphatic heterocycles. The Bertz CT molecular complexity index is 1050. The fourth-order valence-electron chi connectivity index (χ4n) is 4.05. The first-order chi connectivity index (χ1) is 15.7. The number of nitrogens with zero attached hydrogens (tertiary/aromatic N) is 4. The topological polar surface area (TPSA) is 83.0 Å². The number of piperazine rings is 1. The molecule has 0 spiro atoms. The van der Waals surface area contributed by atoms with Gasteiger partial charge in [-0.3, -0.25) is 4.90 Å². The zero-order valence-corrected chi connectivity index (χ0v) is 17.9. The van der Waals surface area contributed by atoms with Crippen molar-refractivity contribution < 1.29 is 14.6 Å². The molecule has 0 amide bonds.